The number of esters is 1. The lowest BCUT2D eigenvalue weighted by atomic mass is 9.96. The van der Waals surface area contributed by atoms with Crippen molar-refractivity contribution in [3.63, 3.8) is 0 Å². The van der Waals surface area contributed by atoms with E-state index in [4.69, 9.17) is 9.47 Å². The van der Waals surface area contributed by atoms with E-state index in [1.165, 1.54) is 7.11 Å². The van der Waals surface area contributed by atoms with Crippen molar-refractivity contribution in [3.8, 4) is 5.75 Å². The highest BCUT2D eigenvalue weighted by Crippen LogP contribution is 2.25. The van der Waals surface area contributed by atoms with Gasteiger partial charge in [-0.2, -0.15) is 0 Å². The van der Waals surface area contributed by atoms with Crippen LogP contribution in [0.3, 0.4) is 0 Å². The molecule has 1 aliphatic rings. The van der Waals surface area contributed by atoms with E-state index in [-0.39, 0.29) is 11.9 Å². The molecule has 0 saturated heterocycles. The molecule has 1 aromatic rings. The van der Waals surface area contributed by atoms with Crippen LogP contribution in [-0.2, 0) is 9.53 Å². The predicted octanol–water partition coefficient (Wildman–Crippen LogP) is 2.36. The minimum Gasteiger partial charge on any atom is -0.490 e. The van der Waals surface area contributed by atoms with Gasteiger partial charge in [0.05, 0.1) is 13.2 Å². The second-order valence-corrected chi connectivity index (χ2v) is 4.34. The molecule has 4 heteroatoms. The Balaban J connectivity index is 2.09. The smallest absolute Gasteiger partial charge is 0.341 e. The van der Waals surface area contributed by atoms with E-state index in [2.05, 4.69) is 0 Å². The Morgan fingerprint density at radius 1 is 1.22 bits per heavy atom. The zero-order valence-electron chi connectivity index (χ0n) is 10.3. The zero-order valence-corrected chi connectivity index (χ0v) is 10.3. The number of benzene rings is 1. The van der Waals surface area contributed by atoms with Gasteiger partial charge in [0.1, 0.15) is 17.1 Å². The van der Waals surface area contributed by atoms with Crippen LogP contribution in [-0.4, -0.2) is 25.0 Å². The van der Waals surface area contributed by atoms with Gasteiger partial charge in [-0.1, -0.05) is 12.1 Å². The highest BCUT2D eigenvalue weighted by Gasteiger charge is 2.22. The van der Waals surface area contributed by atoms with Gasteiger partial charge in [0.25, 0.3) is 0 Å². The lowest BCUT2D eigenvalue weighted by Gasteiger charge is -2.23. The summed E-state index contributed by atoms with van der Waals surface area (Å²) in [6.07, 6.45) is 2.56. The Morgan fingerprint density at radius 2 is 1.89 bits per heavy atom. The first kappa shape index (κ1) is 12.6. The number of Topliss-reactive ketones (excluding diaryl/α,β-unsaturated/α-hetero) is 1. The molecule has 1 aliphatic carbocycles. The third kappa shape index (κ3) is 2.88. The lowest BCUT2D eigenvalue weighted by molar-refractivity contribution is -0.121. The standard InChI is InChI=1S/C14H16O4/c1-17-14(16)12-4-2-3-5-13(12)18-11-8-6-10(15)7-9-11/h2-5,11H,6-9H2,1H3. The van der Waals surface area contributed by atoms with Gasteiger partial charge >= 0.3 is 5.97 Å². The van der Waals surface area contributed by atoms with E-state index in [1.54, 1.807) is 18.2 Å². The summed E-state index contributed by atoms with van der Waals surface area (Å²) in [6.45, 7) is 0. The van der Waals surface area contributed by atoms with Gasteiger partial charge in [-0.15, -0.1) is 0 Å². The summed E-state index contributed by atoms with van der Waals surface area (Å²) >= 11 is 0. The van der Waals surface area contributed by atoms with Crippen molar-refractivity contribution in [3.05, 3.63) is 29.8 Å². The maximum absolute atomic E-state index is 11.6. The molecule has 0 aliphatic heterocycles. The first-order valence-corrected chi connectivity index (χ1v) is 6.06. The molecular weight excluding hydrogens is 232 g/mol. The van der Waals surface area contributed by atoms with Crippen molar-refractivity contribution < 1.29 is 19.1 Å². The topological polar surface area (TPSA) is 52.6 Å². The lowest BCUT2D eigenvalue weighted by Crippen LogP contribution is -2.24. The van der Waals surface area contributed by atoms with Crippen molar-refractivity contribution in [1.82, 2.24) is 0 Å². The van der Waals surface area contributed by atoms with Crippen LogP contribution in [0, 0.1) is 0 Å². The molecule has 96 valence electrons. The summed E-state index contributed by atoms with van der Waals surface area (Å²) in [5, 5.41) is 0. The molecule has 0 N–H and O–H groups in total. The highest BCUT2D eigenvalue weighted by molar-refractivity contribution is 5.92. The van der Waals surface area contributed by atoms with E-state index >= 15 is 0 Å². The Morgan fingerprint density at radius 3 is 2.56 bits per heavy atom. The van der Waals surface area contributed by atoms with Crippen LogP contribution in [0.15, 0.2) is 24.3 Å². The van der Waals surface area contributed by atoms with Crippen LogP contribution in [0.1, 0.15) is 36.0 Å². The van der Waals surface area contributed by atoms with Gasteiger partial charge in [-0.25, -0.2) is 4.79 Å². The number of carbonyl (C=O) groups excluding carboxylic acids is 2. The van der Waals surface area contributed by atoms with Crippen molar-refractivity contribution >= 4 is 11.8 Å². The normalized spacial score (nSPS) is 16.4. The van der Waals surface area contributed by atoms with E-state index in [0.29, 0.717) is 37.0 Å². The Bertz CT molecular complexity index is 443. The van der Waals surface area contributed by atoms with Gasteiger partial charge in [0.15, 0.2) is 0 Å². The number of para-hydroxylation sites is 1. The first-order valence-electron chi connectivity index (χ1n) is 6.06. The average Bonchev–Trinajstić information content (AvgIpc) is 2.41. The number of carbonyl (C=O) groups is 2. The van der Waals surface area contributed by atoms with Crippen molar-refractivity contribution in [2.24, 2.45) is 0 Å². The van der Waals surface area contributed by atoms with Crippen LogP contribution in [0.4, 0.5) is 0 Å². The summed E-state index contributed by atoms with van der Waals surface area (Å²) < 4.78 is 10.5. The van der Waals surface area contributed by atoms with E-state index in [0.717, 1.165) is 0 Å². The molecule has 0 spiro atoms. The Hall–Kier alpha value is -1.84. The number of methoxy groups -OCH3 is 1. The summed E-state index contributed by atoms with van der Waals surface area (Å²) in [4.78, 5) is 22.7. The molecule has 18 heavy (non-hydrogen) atoms. The quantitative estimate of drug-likeness (QED) is 0.770. The fourth-order valence-corrected chi connectivity index (χ4v) is 2.06. The van der Waals surface area contributed by atoms with Crippen LogP contribution in [0.25, 0.3) is 0 Å². The van der Waals surface area contributed by atoms with Crippen LogP contribution >= 0.6 is 0 Å². The van der Waals surface area contributed by atoms with Crippen LogP contribution < -0.4 is 4.74 Å². The second-order valence-electron chi connectivity index (χ2n) is 4.34. The number of hydrogen-bond donors (Lipinski definition) is 0. The highest BCUT2D eigenvalue weighted by atomic mass is 16.5. The van der Waals surface area contributed by atoms with Crippen LogP contribution in [0.2, 0.25) is 0 Å². The molecule has 0 radical (unpaired) electrons. The molecule has 0 atom stereocenters. The second kappa shape index (κ2) is 5.67. The number of ketones is 1. The van der Waals surface area contributed by atoms with Gasteiger partial charge in [-0.3, -0.25) is 4.79 Å². The molecule has 4 nitrogen and oxygen atoms in total. The van der Waals surface area contributed by atoms with Crippen molar-refractivity contribution in [1.29, 1.82) is 0 Å². The van der Waals surface area contributed by atoms with Crippen molar-refractivity contribution in [2.75, 3.05) is 7.11 Å². The molecule has 0 unspecified atom stereocenters. The molecule has 1 saturated carbocycles. The van der Waals surface area contributed by atoms with E-state index in [9.17, 15) is 9.59 Å². The molecule has 0 aromatic heterocycles. The van der Waals surface area contributed by atoms with E-state index < -0.39 is 5.97 Å². The molecule has 1 fully saturated rings. The van der Waals surface area contributed by atoms with Crippen LogP contribution in [0.5, 0.6) is 5.75 Å². The minimum absolute atomic E-state index is 0.00788. The summed E-state index contributed by atoms with van der Waals surface area (Å²) in [6, 6.07) is 7.01. The first-order chi connectivity index (χ1) is 8.70. The van der Waals surface area contributed by atoms with Gasteiger partial charge in [-0.05, 0) is 25.0 Å². The molecule has 0 bridgehead atoms. The van der Waals surface area contributed by atoms with E-state index in [1.807, 2.05) is 6.07 Å². The summed E-state index contributed by atoms with van der Waals surface area (Å²) in [5.74, 6) is 0.414. The third-order valence-electron chi connectivity index (χ3n) is 3.08. The zero-order chi connectivity index (χ0) is 13.0. The Kier molecular flexibility index (Phi) is 3.97. The fraction of sp³-hybridized carbons (Fsp3) is 0.429. The molecule has 2 rings (SSSR count). The fourth-order valence-electron chi connectivity index (χ4n) is 2.06. The van der Waals surface area contributed by atoms with Gasteiger partial charge < -0.3 is 9.47 Å². The minimum atomic E-state index is -0.405. The maximum atomic E-state index is 11.6. The van der Waals surface area contributed by atoms with Crippen molar-refractivity contribution in [2.45, 2.75) is 31.8 Å². The van der Waals surface area contributed by atoms with Gasteiger partial charge in [0, 0.05) is 12.8 Å². The largest absolute Gasteiger partial charge is 0.490 e. The predicted molar refractivity (Wildman–Crippen MR) is 65.7 cm³/mol. The third-order valence-corrected chi connectivity index (χ3v) is 3.08. The summed E-state index contributed by atoms with van der Waals surface area (Å²) in [7, 11) is 1.35. The molecular formula is C14H16O4. The molecule has 1 aromatic carbocycles. The summed E-state index contributed by atoms with van der Waals surface area (Å²) in [5.41, 5.74) is 0.428. The molecule has 0 heterocycles. The monoisotopic (exact) mass is 248 g/mol. The maximum Gasteiger partial charge on any atom is 0.341 e. The average molecular weight is 248 g/mol. The Labute approximate surface area is 106 Å². The number of ether oxygens (including phenoxy) is 2. The molecule has 0 amide bonds. The number of hydrogen-bond acceptors (Lipinski definition) is 4. The number of rotatable bonds is 3. The van der Waals surface area contributed by atoms with Gasteiger partial charge in [0.2, 0.25) is 0 Å². The SMILES string of the molecule is COC(=O)c1ccccc1OC1CCC(=O)CC1.